The Hall–Kier alpha value is -0.900. The van der Waals surface area contributed by atoms with Crippen molar-refractivity contribution in [1.82, 2.24) is 15.5 Å². The van der Waals surface area contributed by atoms with Crippen LogP contribution in [0.3, 0.4) is 0 Å². The summed E-state index contributed by atoms with van der Waals surface area (Å²) >= 11 is 0. The van der Waals surface area contributed by atoms with Crippen molar-refractivity contribution in [2.24, 2.45) is 0 Å². The number of rotatable bonds is 7. The number of nitrogens with one attached hydrogen (secondary N) is 1. The molecular formula is C10H19N3O. The van der Waals surface area contributed by atoms with E-state index in [0.717, 1.165) is 6.54 Å². The third-order valence-electron chi connectivity index (χ3n) is 2.05. The Bertz CT molecular complexity index is 247. The van der Waals surface area contributed by atoms with Gasteiger partial charge in [-0.25, -0.2) is 0 Å². The van der Waals surface area contributed by atoms with Crippen molar-refractivity contribution in [2.45, 2.75) is 46.1 Å². The molecule has 4 nitrogen and oxygen atoms in total. The minimum atomic E-state index is 0.632. The van der Waals surface area contributed by atoms with Gasteiger partial charge in [0.2, 0.25) is 11.8 Å². The molecule has 0 amide bonds. The van der Waals surface area contributed by atoms with Gasteiger partial charge < -0.3 is 9.73 Å². The van der Waals surface area contributed by atoms with Gasteiger partial charge in [0, 0.05) is 6.92 Å². The van der Waals surface area contributed by atoms with Crippen molar-refractivity contribution < 1.29 is 4.42 Å². The first-order valence-corrected chi connectivity index (χ1v) is 5.32. The molecule has 0 aromatic carbocycles. The maximum absolute atomic E-state index is 5.23. The van der Waals surface area contributed by atoms with E-state index < -0.39 is 0 Å². The van der Waals surface area contributed by atoms with Crippen molar-refractivity contribution >= 4 is 0 Å². The summed E-state index contributed by atoms with van der Waals surface area (Å²) in [6.45, 7) is 5.74. The van der Waals surface area contributed by atoms with Crippen LogP contribution in [-0.4, -0.2) is 16.7 Å². The van der Waals surface area contributed by atoms with Crippen LogP contribution in [0.25, 0.3) is 0 Å². The van der Waals surface area contributed by atoms with Crippen LogP contribution in [0, 0.1) is 6.92 Å². The van der Waals surface area contributed by atoms with Gasteiger partial charge in [0.15, 0.2) is 0 Å². The molecule has 0 atom stereocenters. The van der Waals surface area contributed by atoms with E-state index in [1.165, 1.54) is 25.7 Å². The van der Waals surface area contributed by atoms with E-state index in [-0.39, 0.29) is 0 Å². The predicted molar refractivity (Wildman–Crippen MR) is 54.9 cm³/mol. The van der Waals surface area contributed by atoms with Crippen molar-refractivity contribution in [2.75, 3.05) is 6.54 Å². The van der Waals surface area contributed by atoms with E-state index in [2.05, 4.69) is 22.4 Å². The third kappa shape index (κ3) is 4.37. The Morgan fingerprint density at radius 1 is 1.21 bits per heavy atom. The fourth-order valence-corrected chi connectivity index (χ4v) is 1.28. The van der Waals surface area contributed by atoms with Crippen LogP contribution < -0.4 is 5.32 Å². The largest absolute Gasteiger partial charge is 0.424 e. The minimum absolute atomic E-state index is 0.632. The molecule has 1 aromatic rings. The van der Waals surface area contributed by atoms with Crippen LogP contribution >= 0.6 is 0 Å². The third-order valence-corrected chi connectivity index (χ3v) is 2.05. The van der Waals surface area contributed by atoms with E-state index in [0.29, 0.717) is 18.3 Å². The lowest BCUT2D eigenvalue weighted by Gasteiger charge is -2.00. The lowest BCUT2D eigenvalue weighted by atomic mass is 10.2. The number of aromatic nitrogens is 2. The van der Waals surface area contributed by atoms with Gasteiger partial charge in [0.25, 0.3) is 0 Å². The monoisotopic (exact) mass is 197 g/mol. The van der Waals surface area contributed by atoms with Gasteiger partial charge in [-0.3, -0.25) is 0 Å². The Balaban J connectivity index is 1.99. The summed E-state index contributed by atoms with van der Waals surface area (Å²) in [5.74, 6) is 1.31. The van der Waals surface area contributed by atoms with Crippen LogP contribution in [-0.2, 0) is 6.54 Å². The summed E-state index contributed by atoms with van der Waals surface area (Å²) in [5, 5.41) is 10.9. The molecular weight excluding hydrogens is 178 g/mol. The molecule has 4 heteroatoms. The SMILES string of the molecule is CCCCCCNCc1nnc(C)o1. The zero-order valence-corrected chi connectivity index (χ0v) is 9.05. The van der Waals surface area contributed by atoms with Gasteiger partial charge >= 0.3 is 0 Å². The van der Waals surface area contributed by atoms with E-state index in [1.54, 1.807) is 6.92 Å². The fraction of sp³-hybridized carbons (Fsp3) is 0.800. The number of hydrogen-bond acceptors (Lipinski definition) is 4. The quantitative estimate of drug-likeness (QED) is 0.680. The molecule has 1 aromatic heterocycles. The molecule has 0 aliphatic rings. The molecule has 1 heterocycles. The number of nitrogens with zero attached hydrogens (tertiary/aromatic N) is 2. The van der Waals surface area contributed by atoms with Crippen LogP contribution in [0.15, 0.2) is 4.42 Å². The van der Waals surface area contributed by atoms with Crippen molar-refractivity contribution in [1.29, 1.82) is 0 Å². The first-order chi connectivity index (χ1) is 6.83. The molecule has 0 saturated heterocycles. The normalized spacial score (nSPS) is 10.7. The smallest absolute Gasteiger partial charge is 0.230 e. The summed E-state index contributed by atoms with van der Waals surface area (Å²) in [5.41, 5.74) is 0. The van der Waals surface area contributed by atoms with Gasteiger partial charge in [-0.2, -0.15) is 0 Å². The standard InChI is InChI=1S/C10H19N3O/c1-3-4-5-6-7-11-8-10-13-12-9(2)14-10/h11H,3-8H2,1-2H3. The fourth-order valence-electron chi connectivity index (χ4n) is 1.28. The lowest BCUT2D eigenvalue weighted by molar-refractivity contribution is 0.444. The van der Waals surface area contributed by atoms with Crippen molar-refractivity contribution in [3.63, 3.8) is 0 Å². The summed E-state index contributed by atoms with van der Waals surface area (Å²) in [7, 11) is 0. The number of hydrogen-bond donors (Lipinski definition) is 1. The van der Waals surface area contributed by atoms with Gasteiger partial charge in [0.1, 0.15) is 0 Å². The summed E-state index contributed by atoms with van der Waals surface area (Å²) < 4.78 is 5.23. The predicted octanol–water partition coefficient (Wildman–Crippen LogP) is 2.05. The molecule has 0 aliphatic carbocycles. The molecule has 0 unspecified atom stereocenters. The highest BCUT2D eigenvalue weighted by Gasteiger charge is 1.99. The van der Waals surface area contributed by atoms with Crippen molar-refractivity contribution in [3.8, 4) is 0 Å². The molecule has 0 bridgehead atoms. The Kier molecular flexibility index (Phi) is 5.22. The topological polar surface area (TPSA) is 51.0 Å². The van der Waals surface area contributed by atoms with Crippen LogP contribution in [0.2, 0.25) is 0 Å². The summed E-state index contributed by atoms with van der Waals surface area (Å²) in [6, 6.07) is 0. The van der Waals surface area contributed by atoms with Crippen LogP contribution in [0.5, 0.6) is 0 Å². The Morgan fingerprint density at radius 3 is 2.71 bits per heavy atom. The van der Waals surface area contributed by atoms with Gasteiger partial charge in [-0.1, -0.05) is 26.2 Å². The highest BCUT2D eigenvalue weighted by Crippen LogP contribution is 1.99. The van der Waals surface area contributed by atoms with E-state index in [1.807, 2.05) is 0 Å². The lowest BCUT2D eigenvalue weighted by Crippen LogP contribution is -2.14. The first-order valence-electron chi connectivity index (χ1n) is 5.32. The van der Waals surface area contributed by atoms with E-state index >= 15 is 0 Å². The minimum Gasteiger partial charge on any atom is -0.424 e. The maximum Gasteiger partial charge on any atom is 0.230 e. The second-order valence-electron chi connectivity index (χ2n) is 3.45. The second-order valence-corrected chi connectivity index (χ2v) is 3.45. The second kappa shape index (κ2) is 6.54. The zero-order valence-electron chi connectivity index (χ0n) is 9.05. The number of aryl methyl sites for hydroxylation is 1. The zero-order chi connectivity index (χ0) is 10.2. The molecule has 14 heavy (non-hydrogen) atoms. The van der Waals surface area contributed by atoms with E-state index in [9.17, 15) is 0 Å². The molecule has 0 aliphatic heterocycles. The molecule has 0 fully saturated rings. The van der Waals surface area contributed by atoms with Gasteiger partial charge in [-0.15, -0.1) is 10.2 Å². The number of unbranched alkanes of at least 4 members (excludes halogenated alkanes) is 3. The average Bonchev–Trinajstić information content (AvgIpc) is 2.58. The highest BCUT2D eigenvalue weighted by molar-refractivity contribution is 4.77. The van der Waals surface area contributed by atoms with Gasteiger partial charge in [0.05, 0.1) is 6.54 Å². The molecule has 0 saturated carbocycles. The van der Waals surface area contributed by atoms with Crippen molar-refractivity contribution in [3.05, 3.63) is 11.8 Å². The van der Waals surface area contributed by atoms with Crippen LogP contribution in [0.4, 0.5) is 0 Å². The Morgan fingerprint density at radius 2 is 2.07 bits per heavy atom. The van der Waals surface area contributed by atoms with E-state index in [4.69, 9.17) is 4.42 Å². The summed E-state index contributed by atoms with van der Waals surface area (Å²) in [6.07, 6.45) is 5.12. The summed E-state index contributed by atoms with van der Waals surface area (Å²) in [4.78, 5) is 0. The molecule has 0 radical (unpaired) electrons. The van der Waals surface area contributed by atoms with Crippen LogP contribution in [0.1, 0.15) is 44.4 Å². The maximum atomic E-state index is 5.23. The van der Waals surface area contributed by atoms with Gasteiger partial charge in [-0.05, 0) is 13.0 Å². The molecule has 1 N–H and O–H groups in total. The average molecular weight is 197 g/mol. The first kappa shape index (κ1) is 11.2. The highest BCUT2D eigenvalue weighted by atomic mass is 16.4. The molecule has 80 valence electrons. The molecule has 1 rings (SSSR count). The Labute approximate surface area is 85.1 Å². The molecule has 0 spiro atoms.